The minimum absolute atomic E-state index is 0.0595. The number of carbonyl (C=O) groups excluding carboxylic acids is 1. The Morgan fingerprint density at radius 2 is 1.78 bits per heavy atom. The molecule has 160 valence electrons. The molecule has 1 aromatic heterocycles. The molecule has 2 heterocycles. The summed E-state index contributed by atoms with van der Waals surface area (Å²) in [5, 5.41) is 21.0. The first-order chi connectivity index (χ1) is 15.5. The monoisotopic (exact) mass is 504 g/mol. The summed E-state index contributed by atoms with van der Waals surface area (Å²) >= 11 is 5.05. The van der Waals surface area contributed by atoms with Crippen LogP contribution in [-0.2, 0) is 17.6 Å². The van der Waals surface area contributed by atoms with Crippen LogP contribution >= 0.6 is 27.3 Å². The first-order valence-corrected chi connectivity index (χ1v) is 12.4. The molecule has 0 unspecified atom stereocenters. The lowest BCUT2D eigenvalue weighted by molar-refractivity contribution is -0.116. The summed E-state index contributed by atoms with van der Waals surface area (Å²) in [4.78, 5) is 16.3. The topological polar surface area (TPSA) is 93.9 Å². The van der Waals surface area contributed by atoms with Gasteiger partial charge in [-0.1, -0.05) is 28.1 Å². The number of ketones is 1. The van der Waals surface area contributed by atoms with Gasteiger partial charge < -0.3 is 5.73 Å². The Morgan fingerprint density at radius 3 is 2.50 bits per heavy atom. The molecule has 7 heteroatoms. The van der Waals surface area contributed by atoms with Gasteiger partial charge in [0.15, 0.2) is 5.78 Å². The van der Waals surface area contributed by atoms with Gasteiger partial charge in [0.25, 0.3) is 0 Å². The number of anilines is 1. The average Bonchev–Trinajstić information content (AvgIpc) is 3.17. The zero-order valence-corrected chi connectivity index (χ0v) is 19.9. The van der Waals surface area contributed by atoms with Crippen LogP contribution in [0.3, 0.4) is 0 Å². The van der Waals surface area contributed by atoms with Crippen molar-refractivity contribution in [3.05, 3.63) is 73.0 Å². The Morgan fingerprint density at radius 1 is 1.03 bits per heavy atom. The van der Waals surface area contributed by atoms with Crippen molar-refractivity contribution in [2.24, 2.45) is 5.73 Å². The lowest BCUT2D eigenvalue weighted by atomic mass is 9.75. The van der Waals surface area contributed by atoms with Crippen molar-refractivity contribution in [1.29, 1.82) is 10.5 Å². The van der Waals surface area contributed by atoms with Gasteiger partial charge in [0, 0.05) is 27.0 Å². The molecule has 0 fully saturated rings. The standard InChI is InChI=1S/C25H21BrN4OS/c26-15-10-8-14(9-11-15)22-18(13-28)24(29)30(19-5-3-6-20(31)23(19)22)25-17(12-27)16-4-1-2-7-21(16)32-25/h8-11,22H,1-7,29H2/t22-/m1/s1. The molecule has 1 aromatic carbocycles. The summed E-state index contributed by atoms with van der Waals surface area (Å²) in [5.41, 5.74) is 11.2. The van der Waals surface area contributed by atoms with Gasteiger partial charge in [0.05, 0.1) is 23.1 Å². The number of nitrogens with two attached hydrogens (primary N) is 1. The number of Topliss-reactive ketones (excluding diaryl/α,β-unsaturated/α-hetero) is 1. The Hall–Kier alpha value is -2.87. The van der Waals surface area contributed by atoms with E-state index in [-0.39, 0.29) is 5.78 Å². The van der Waals surface area contributed by atoms with Crippen LogP contribution in [0.5, 0.6) is 0 Å². The first-order valence-electron chi connectivity index (χ1n) is 10.8. The quantitative estimate of drug-likeness (QED) is 0.576. The lowest BCUT2D eigenvalue weighted by Crippen LogP contribution is -2.38. The Bertz CT molecular complexity index is 1270. The van der Waals surface area contributed by atoms with Crippen molar-refractivity contribution < 1.29 is 4.79 Å². The Kier molecular flexibility index (Phi) is 5.41. The van der Waals surface area contributed by atoms with Gasteiger partial charge in [-0.05, 0) is 61.8 Å². The molecule has 5 rings (SSSR count). The number of rotatable bonds is 2. The minimum atomic E-state index is -0.479. The molecule has 0 spiro atoms. The largest absolute Gasteiger partial charge is 0.384 e. The maximum Gasteiger partial charge on any atom is 0.161 e. The number of hydrogen-bond acceptors (Lipinski definition) is 6. The molecule has 2 aromatic rings. The van der Waals surface area contributed by atoms with Crippen LogP contribution in [0.2, 0.25) is 0 Å². The summed E-state index contributed by atoms with van der Waals surface area (Å²) < 4.78 is 0.932. The maximum atomic E-state index is 13.2. The minimum Gasteiger partial charge on any atom is -0.384 e. The number of benzene rings is 1. The van der Waals surface area contributed by atoms with E-state index in [2.05, 4.69) is 28.1 Å². The highest BCUT2D eigenvalue weighted by molar-refractivity contribution is 9.10. The normalized spacial score (nSPS) is 20.5. The number of nitrogens with zero attached hydrogens (tertiary/aromatic N) is 3. The van der Waals surface area contributed by atoms with Gasteiger partial charge in [-0.3, -0.25) is 9.69 Å². The van der Waals surface area contributed by atoms with Gasteiger partial charge >= 0.3 is 0 Å². The van der Waals surface area contributed by atoms with Crippen LogP contribution in [0.15, 0.2) is 51.4 Å². The van der Waals surface area contributed by atoms with E-state index in [1.807, 2.05) is 29.2 Å². The van der Waals surface area contributed by atoms with Crippen LogP contribution in [0.1, 0.15) is 59.6 Å². The van der Waals surface area contributed by atoms with Crippen LogP contribution in [0.4, 0.5) is 5.00 Å². The van der Waals surface area contributed by atoms with E-state index in [0.717, 1.165) is 58.4 Å². The second-order valence-corrected chi connectivity index (χ2v) is 10.4. The fraction of sp³-hybridized carbons (Fsp3) is 0.320. The van der Waals surface area contributed by atoms with Crippen LogP contribution in [0, 0.1) is 22.7 Å². The lowest BCUT2D eigenvalue weighted by Gasteiger charge is -2.39. The second kappa shape index (κ2) is 8.24. The number of nitriles is 2. The van der Waals surface area contributed by atoms with E-state index in [1.165, 1.54) is 4.88 Å². The van der Waals surface area contributed by atoms with Gasteiger partial charge in [0.1, 0.15) is 16.9 Å². The molecule has 0 amide bonds. The van der Waals surface area contributed by atoms with Crippen molar-refractivity contribution in [3.8, 4) is 12.1 Å². The van der Waals surface area contributed by atoms with E-state index in [1.54, 1.807) is 11.3 Å². The molecule has 0 radical (unpaired) electrons. The number of fused-ring (bicyclic) bond motifs is 1. The molecular formula is C25H21BrN4OS. The zero-order chi connectivity index (χ0) is 22.4. The molecule has 1 aliphatic heterocycles. The van der Waals surface area contributed by atoms with Gasteiger partial charge in [0.2, 0.25) is 0 Å². The molecule has 0 saturated carbocycles. The predicted octanol–water partition coefficient (Wildman–Crippen LogP) is 5.57. The first kappa shape index (κ1) is 21.0. The fourth-order valence-corrected chi connectivity index (χ4v) is 6.77. The smallest absolute Gasteiger partial charge is 0.161 e. The van der Waals surface area contributed by atoms with Gasteiger partial charge in [-0.15, -0.1) is 11.3 Å². The number of aryl methyl sites for hydroxylation is 1. The summed E-state index contributed by atoms with van der Waals surface area (Å²) in [7, 11) is 0. The molecule has 32 heavy (non-hydrogen) atoms. The van der Waals surface area contributed by atoms with Crippen LogP contribution < -0.4 is 10.6 Å². The van der Waals surface area contributed by atoms with Crippen molar-refractivity contribution in [2.45, 2.75) is 50.9 Å². The van der Waals surface area contributed by atoms with E-state index in [4.69, 9.17) is 5.73 Å². The SMILES string of the molecule is N#CC1=C(N)N(c2sc3c(c2C#N)CCCC3)C2=C(C(=O)CCC2)[C@@H]1c1ccc(Br)cc1. The summed E-state index contributed by atoms with van der Waals surface area (Å²) in [6.45, 7) is 0. The van der Waals surface area contributed by atoms with Crippen molar-refractivity contribution in [2.75, 3.05) is 4.90 Å². The Labute approximate surface area is 199 Å². The number of hydrogen-bond donors (Lipinski definition) is 1. The molecule has 0 bridgehead atoms. The third-order valence-electron chi connectivity index (χ3n) is 6.58. The van der Waals surface area contributed by atoms with E-state index >= 15 is 0 Å². The van der Waals surface area contributed by atoms with Crippen LogP contribution in [0.25, 0.3) is 0 Å². The van der Waals surface area contributed by atoms with Crippen LogP contribution in [-0.4, -0.2) is 5.78 Å². The number of thiophene rings is 1. The number of allylic oxidation sites excluding steroid dienone is 3. The Balaban J connectivity index is 1.76. The van der Waals surface area contributed by atoms with E-state index in [0.29, 0.717) is 35.4 Å². The molecular weight excluding hydrogens is 484 g/mol. The highest BCUT2D eigenvalue weighted by Crippen LogP contribution is 2.50. The highest BCUT2D eigenvalue weighted by Gasteiger charge is 2.41. The zero-order valence-electron chi connectivity index (χ0n) is 17.4. The third-order valence-corrected chi connectivity index (χ3v) is 8.39. The molecule has 2 N–H and O–H groups in total. The maximum absolute atomic E-state index is 13.2. The molecule has 2 aliphatic carbocycles. The summed E-state index contributed by atoms with van der Waals surface area (Å²) in [6.07, 6.45) is 5.94. The highest BCUT2D eigenvalue weighted by atomic mass is 79.9. The van der Waals surface area contributed by atoms with Gasteiger partial charge in [-0.2, -0.15) is 10.5 Å². The van der Waals surface area contributed by atoms with Crippen molar-refractivity contribution in [3.63, 3.8) is 0 Å². The van der Waals surface area contributed by atoms with Gasteiger partial charge in [-0.25, -0.2) is 0 Å². The molecule has 3 aliphatic rings. The fourth-order valence-electron chi connectivity index (χ4n) is 5.13. The predicted molar refractivity (Wildman–Crippen MR) is 128 cm³/mol. The third kappa shape index (κ3) is 3.20. The molecule has 1 atom stereocenters. The number of carbonyl (C=O) groups is 1. The summed E-state index contributed by atoms with van der Waals surface area (Å²) in [6, 6.07) is 12.4. The van der Waals surface area contributed by atoms with Crippen molar-refractivity contribution >= 4 is 38.1 Å². The second-order valence-electron chi connectivity index (χ2n) is 8.37. The van der Waals surface area contributed by atoms with E-state index in [9.17, 15) is 15.3 Å². The van der Waals surface area contributed by atoms with Crippen molar-refractivity contribution in [1.82, 2.24) is 0 Å². The number of halogens is 1. The average molecular weight is 505 g/mol. The van der Waals surface area contributed by atoms with E-state index < -0.39 is 5.92 Å². The molecule has 0 saturated heterocycles. The summed E-state index contributed by atoms with van der Waals surface area (Å²) in [5.74, 6) is -0.0829. The molecule has 5 nitrogen and oxygen atoms in total.